The molecule has 0 bridgehead atoms. The molecule has 1 spiro atoms. The summed E-state index contributed by atoms with van der Waals surface area (Å²) in [5, 5.41) is 0. The van der Waals surface area contributed by atoms with Crippen molar-refractivity contribution >= 4 is 11.8 Å². The number of ketones is 1. The van der Waals surface area contributed by atoms with Gasteiger partial charge in [-0.05, 0) is 37.3 Å². The molecule has 1 aromatic carbocycles. The van der Waals surface area contributed by atoms with Gasteiger partial charge in [-0.3, -0.25) is 9.78 Å². The Morgan fingerprint density at radius 1 is 1.20 bits per heavy atom. The zero-order valence-electron chi connectivity index (χ0n) is 16.2. The van der Waals surface area contributed by atoms with E-state index in [2.05, 4.69) is 15.0 Å². The molecule has 5 rings (SSSR count). The number of carbonyl (C=O) groups excluding carboxylic acids is 1. The topological polar surface area (TPSA) is 109 Å². The largest absolute Gasteiger partial charge is 0.486 e. The second-order valence-electron chi connectivity index (χ2n) is 7.17. The molecule has 8 nitrogen and oxygen atoms in total. The third kappa shape index (κ3) is 2.93. The molecule has 1 atom stereocenters. The van der Waals surface area contributed by atoms with Gasteiger partial charge in [-0.1, -0.05) is 6.07 Å². The van der Waals surface area contributed by atoms with Crippen LogP contribution in [0.25, 0.3) is 11.1 Å². The molecule has 8 heteroatoms. The van der Waals surface area contributed by atoms with Gasteiger partial charge in [-0.2, -0.15) is 0 Å². The number of nitrogens with zero attached hydrogens (tertiary/aromatic N) is 3. The Labute approximate surface area is 172 Å². The molecular formula is C22H18N4O4. The molecule has 2 aliphatic heterocycles. The lowest BCUT2D eigenvalue weighted by Crippen LogP contribution is -2.31. The van der Waals surface area contributed by atoms with Crippen LogP contribution in [0.2, 0.25) is 0 Å². The number of fused-ring (bicyclic) bond motifs is 4. The van der Waals surface area contributed by atoms with Crippen LogP contribution in [-0.4, -0.2) is 35.0 Å². The number of hydrogen-bond donors (Lipinski definition) is 1. The highest BCUT2D eigenvalue weighted by atomic mass is 16.5. The molecule has 0 aliphatic carbocycles. The smallest absolute Gasteiger partial charge is 0.283 e. The minimum atomic E-state index is -0.923. The number of carbonyl (C=O) groups is 1. The normalized spacial score (nSPS) is 18.6. The predicted octanol–water partition coefficient (Wildman–Crippen LogP) is 2.81. The van der Waals surface area contributed by atoms with Crippen molar-refractivity contribution in [2.75, 3.05) is 13.2 Å². The van der Waals surface area contributed by atoms with Crippen molar-refractivity contribution in [1.82, 2.24) is 9.97 Å². The first-order valence-electron chi connectivity index (χ1n) is 9.39. The minimum Gasteiger partial charge on any atom is -0.486 e. The Bertz CT molecular complexity index is 1180. The Morgan fingerprint density at radius 3 is 2.83 bits per heavy atom. The van der Waals surface area contributed by atoms with Crippen LogP contribution in [0.3, 0.4) is 0 Å². The van der Waals surface area contributed by atoms with Crippen molar-refractivity contribution in [3.63, 3.8) is 0 Å². The third-order valence-corrected chi connectivity index (χ3v) is 5.07. The number of Topliss-reactive ketones (excluding diaryl/α,β-unsaturated/α-hetero) is 1. The molecule has 0 saturated heterocycles. The first-order chi connectivity index (χ1) is 14.5. The molecule has 0 amide bonds. The molecule has 0 fully saturated rings. The standard InChI is InChI=1S/C22H18N4O4/c1-13(27)11-28-16-4-5-19-17(8-16)22(12-29-21(23)26-22)18-7-15(10-25-20(18)30-19)14-3-2-6-24-9-14/h2-10H,11-12H2,1H3,(H2,23,26)/t22-/m0/s1. The molecule has 2 aromatic heterocycles. The van der Waals surface area contributed by atoms with Gasteiger partial charge in [0.25, 0.3) is 6.02 Å². The molecule has 0 radical (unpaired) electrons. The van der Waals surface area contributed by atoms with Crippen molar-refractivity contribution in [3.05, 3.63) is 66.1 Å². The Hall–Kier alpha value is -3.94. The lowest BCUT2D eigenvalue weighted by molar-refractivity contribution is -0.118. The van der Waals surface area contributed by atoms with E-state index in [1.165, 1.54) is 6.92 Å². The van der Waals surface area contributed by atoms with Gasteiger partial charge in [0.2, 0.25) is 5.88 Å². The molecule has 150 valence electrons. The van der Waals surface area contributed by atoms with E-state index >= 15 is 0 Å². The summed E-state index contributed by atoms with van der Waals surface area (Å²) in [4.78, 5) is 24.7. The van der Waals surface area contributed by atoms with E-state index < -0.39 is 5.54 Å². The molecule has 4 heterocycles. The fraction of sp³-hybridized carbons (Fsp3) is 0.182. The number of hydrogen-bond acceptors (Lipinski definition) is 8. The number of pyridine rings is 2. The molecular weight excluding hydrogens is 384 g/mol. The van der Waals surface area contributed by atoms with Gasteiger partial charge in [-0.15, -0.1) is 0 Å². The van der Waals surface area contributed by atoms with Crippen LogP contribution in [0, 0.1) is 0 Å². The maximum Gasteiger partial charge on any atom is 0.283 e. The summed E-state index contributed by atoms with van der Waals surface area (Å²) < 4.78 is 17.2. The average molecular weight is 402 g/mol. The summed E-state index contributed by atoms with van der Waals surface area (Å²) in [7, 11) is 0. The van der Waals surface area contributed by atoms with Crippen LogP contribution in [0.15, 0.2) is 60.0 Å². The zero-order chi connectivity index (χ0) is 20.7. The molecule has 30 heavy (non-hydrogen) atoms. The van der Waals surface area contributed by atoms with Crippen LogP contribution in [0.1, 0.15) is 18.1 Å². The minimum absolute atomic E-state index is 0.0160. The van der Waals surface area contributed by atoms with Crippen LogP contribution in [-0.2, 0) is 15.1 Å². The van der Waals surface area contributed by atoms with Gasteiger partial charge in [0.15, 0.2) is 11.3 Å². The lowest BCUT2D eigenvalue weighted by Gasteiger charge is -2.33. The van der Waals surface area contributed by atoms with E-state index in [0.717, 1.165) is 22.3 Å². The second-order valence-corrected chi connectivity index (χ2v) is 7.17. The number of aliphatic imine (C=N–C) groups is 1. The number of benzene rings is 1. The van der Waals surface area contributed by atoms with Crippen LogP contribution >= 0.6 is 0 Å². The Balaban J connectivity index is 1.66. The molecule has 3 aromatic rings. The highest BCUT2D eigenvalue weighted by Crippen LogP contribution is 2.51. The fourth-order valence-electron chi connectivity index (χ4n) is 3.67. The van der Waals surface area contributed by atoms with Gasteiger partial charge in [0, 0.05) is 35.3 Å². The van der Waals surface area contributed by atoms with E-state index in [9.17, 15) is 4.79 Å². The quantitative estimate of drug-likeness (QED) is 0.715. The van der Waals surface area contributed by atoms with E-state index in [1.54, 1.807) is 30.7 Å². The summed E-state index contributed by atoms with van der Waals surface area (Å²) in [6, 6.07) is 11.2. The van der Waals surface area contributed by atoms with Crippen molar-refractivity contribution in [1.29, 1.82) is 0 Å². The number of aromatic nitrogens is 2. The van der Waals surface area contributed by atoms with Crippen LogP contribution in [0.4, 0.5) is 0 Å². The van der Waals surface area contributed by atoms with E-state index in [0.29, 0.717) is 17.4 Å². The van der Waals surface area contributed by atoms with Crippen molar-refractivity contribution in [2.24, 2.45) is 10.7 Å². The molecule has 2 aliphatic rings. The van der Waals surface area contributed by atoms with E-state index in [1.807, 2.05) is 24.3 Å². The Kier molecular flexibility index (Phi) is 4.13. The first-order valence-corrected chi connectivity index (χ1v) is 9.39. The van der Waals surface area contributed by atoms with Gasteiger partial charge in [-0.25, -0.2) is 9.98 Å². The number of rotatable bonds is 4. The number of nitrogens with two attached hydrogens (primary N) is 1. The molecule has 0 saturated carbocycles. The zero-order valence-corrected chi connectivity index (χ0v) is 16.2. The summed E-state index contributed by atoms with van der Waals surface area (Å²) in [5.41, 5.74) is 8.26. The average Bonchev–Trinajstić information content (AvgIpc) is 3.15. The van der Waals surface area contributed by atoms with Gasteiger partial charge in [0.1, 0.15) is 24.7 Å². The lowest BCUT2D eigenvalue weighted by atomic mass is 9.81. The predicted molar refractivity (Wildman–Crippen MR) is 109 cm³/mol. The highest BCUT2D eigenvalue weighted by Gasteiger charge is 2.48. The molecule has 0 unspecified atom stereocenters. The monoisotopic (exact) mass is 402 g/mol. The van der Waals surface area contributed by atoms with Crippen molar-refractivity contribution in [3.8, 4) is 28.5 Å². The first kappa shape index (κ1) is 18.1. The summed E-state index contributed by atoms with van der Waals surface area (Å²) in [6.07, 6.45) is 5.22. The SMILES string of the molecule is CC(=O)COc1ccc2c(c1)[C@@]1(COC(N)=N1)c1cc(-c3cccnc3)cnc1O2. The maximum atomic E-state index is 11.3. The summed E-state index contributed by atoms with van der Waals surface area (Å²) in [5.74, 6) is 1.49. The maximum absolute atomic E-state index is 11.3. The van der Waals surface area contributed by atoms with E-state index in [-0.39, 0.29) is 25.0 Å². The number of amidine groups is 1. The summed E-state index contributed by atoms with van der Waals surface area (Å²) >= 11 is 0. The fourth-order valence-corrected chi connectivity index (χ4v) is 3.67. The van der Waals surface area contributed by atoms with Crippen LogP contribution < -0.4 is 15.2 Å². The second kappa shape index (κ2) is 6.84. The number of ether oxygens (including phenoxy) is 3. The third-order valence-electron chi connectivity index (χ3n) is 5.07. The van der Waals surface area contributed by atoms with Gasteiger partial charge >= 0.3 is 0 Å². The van der Waals surface area contributed by atoms with Crippen molar-refractivity contribution in [2.45, 2.75) is 12.5 Å². The van der Waals surface area contributed by atoms with Gasteiger partial charge in [0.05, 0.1) is 5.56 Å². The molecule has 2 N–H and O–H groups in total. The summed E-state index contributed by atoms with van der Waals surface area (Å²) in [6.45, 7) is 1.66. The van der Waals surface area contributed by atoms with E-state index in [4.69, 9.17) is 19.9 Å². The highest BCUT2D eigenvalue weighted by molar-refractivity contribution is 5.78. The van der Waals surface area contributed by atoms with Crippen molar-refractivity contribution < 1.29 is 19.0 Å². The van der Waals surface area contributed by atoms with Crippen LogP contribution in [0.5, 0.6) is 17.4 Å². The van der Waals surface area contributed by atoms with Gasteiger partial charge < -0.3 is 19.9 Å². The Morgan fingerprint density at radius 2 is 2.10 bits per heavy atom.